The summed E-state index contributed by atoms with van der Waals surface area (Å²) >= 11 is 0. The predicted molar refractivity (Wildman–Crippen MR) is 124 cm³/mol. The van der Waals surface area contributed by atoms with Crippen LogP contribution in [0.3, 0.4) is 0 Å². The standard InChI is InChI=1S/C23H31N3O4S/c1-17-6-5-7-20(16-17)26(31(4,28)29)18(2)23(27)24-19-8-10-21(11-9-19)30-22-12-14-25(3)15-13-22/h5-11,16,18,22H,12-15H2,1-4H3,(H,24,27). The van der Waals surface area contributed by atoms with Gasteiger partial charge in [0.15, 0.2) is 0 Å². The Bertz CT molecular complexity index is 1000. The van der Waals surface area contributed by atoms with Gasteiger partial charge in [-0.2, -0.15) is 0 Å². The van der Waals surface area contributed by atoms with Gasteiger partial charge in [-0.05, 0) is 75.7 Å². The maximum absolute atomic E-state index is 12.8. The summed E-state index contributed by atoms with van der Waals surface area (Å²) in [5.74, 6) is 0.356. The lowest BCUT2D eigenvalue weighted by Crippen LogP contribution is -2.45. The quantitative estimate of drug-likeness (QED) is 0.708. The zero-order valence-corrected chi connectivity index (χ0v) is 19.4. The fourth-order valence-corrected chi connectivity index (χ4v) is 4.90. The van der Waals surface area contributed by atoms with Crippen LogP contribution in [0.4, 0.5) is 11.4 Å². The normalized spacial score (nSPS) is 16.5. The van der Waals surface area contributed by atoms with Crippen LogP contribution in [-0.4, -0.2) is 57.8 Å². The number of rotatable bonds is 7. The van der Waals surface area contributed by atoms with E-state index < -0.39 is 22.0 Å². The number of aryl methyl sites for hydroxylation is 1. The van der Waals surface area contributed by atoms with Crippen molar-refractivity contribution in [3.63, 3.8) is 0 Å². The number of carbonyl (C=O) groups excluding carboxylic acids is 1. The summed E-state index contributed by atoms with van der Waals surface area (Å²) < 4.78 is 32.0. The minimum Gasteiger partial charge on any atom is -0.490 e. The van der Waals surface area contributed by atoms with E-state index in [1.54, 1.807) is 37.3 Å². The summed E-state index contributed by atoms with van der Waals surface area (Å²) in [5, 5.41) is 2.81. The molecule has 1 saturated heterocycles. The largest absolute Gasteiger partial charge is 0.490 e. The molecule has 31 heavy (non-hydrogen) atoms. The molecule has 1 unspecified atom stereocenters. The first-order valence-electron chi connectivity index (χ1n) is 10.5. The van der Waals surface area contributed by atoms with Crippen LogP contribution in [0.1, 0.15) is 25.3 Å². The molecule has 7 nitrogen and oxygen atoms in total. The van der Waals surface area contributed by atoms with Crippen molar-refractivity contribution in [1.29, 1.82) is 0 Å². The predicted octanol–water partition coefficient (Wildman–Crippen LogP) is 3.26. The van der Waals surface area contributed by atoms with Crippen molar-refractivity contribution in [3.8, 4) is 5.75 Å². The number of hydrogen-bond acceptors (Lipinski definition) is 5. The molecule has 1 fully saturated rings. The van der Waals surface area contributed by atoms with Gasteiger partial charge in [0.25, 0.3) is 0 Å². The number of ether oxygens (including phenoxy) is 1. The van der Waals surface area contributed by atoms with E-state index in [9.17, 15) is 13.2 Å². The van der Waals surface area contributed by atoms with Crippen LogP contribution >= 0.6 is 0 Å². The molecule has 1 aliphatic heterocycles. The van der Waals surface area contributed by atoms with E-state index in [1.807, 2.05) is 25.1 Å². The molecule has 2 aromatic rings. The van der Waals surface area contributed by atoms with Crippen LogP contribution < -0.4 is 14.4 Å². The molecular weight excluding hydrogens is 414 g/mol. The molecule has 1 aliphatic rings. The number of carbonyl (C=O) groups is 1. The minimum atomic E-state index is -3.65. The molecule has 0 bridgehead atoms. The first-order chi connectivity index (χ1) is 14.6. The second-order valence-electron chi connectivity index (χ2n) is 8.21. The molecule has 1 atom stereocenters. The van der Waals surface area contributed by atoms with Gasteiger partial charge < -0.3 is 15.0 Å². The Morgan fingerprint density at radius 2 is 1.81 bits per heavy atom. The second-order valence-corrected chi connectivity index (χ2v) is 10.1. The maximum atomic E-state index is 12.8. The number of amides is 1. The van der Waals surface area contributed by atoms with Gasteiger partial charge in [0, 0.05) is 18.8 Å². The third-order valence-electron chi connectivity index (χ3n) is 5.43. The molecule has 0 aromatic heterocycles. The minimum absolute atomic E-state index is 0.203. The third kappa shape index (κ3) is 6.21. The van der Waals surface area contributed by atoms with Gasteiger partial charge in [-0.1, -0.05) is 12.1 Å². The number of likely N-dealkylation sites (tertiary alicyclic amines) is 1. The molecule has 0 radical (unpaired) electrons. The highest BCUT2D eigenvalue weighted by molar-refractivity contribution is 7.92. The van der Waals surface area contributed by atoms with Gasteiger partial charge in [0.05, 0.1) is 11.9 Å². The van der Waals surface area contributed by atoms with Crippen LogP contribution in [-0.2, 0) is 14.8 Å². The van der Waals surface area contributed by atoms with Crippen LogP contribution in [0.25, 0.3) is 0 Å². The number of sulfonamides is 1. The average molecular weight is 446 g/mol. The van der Waals surface area contributed by atoms with E-state index in [0.29, 0.717) is 11.4 Å². The lowest BCUT2D eigenvalue weighted by atomic mass is 10.1. The van der Waals surface area contributed by atoms with Gasteiger partial charge in [0.2, 0.25) is 15.9 Å². The zero-order chi connectivity index (χ0) is 22.6. The van der Waals surface area contributed by atoms with Gasteiger partial charge >= 0.3 is 0 Å². The summed E-state index contributed by atoms with van der Waals surface area (Å²) in [7, 11) is -1.54. The smallest absolute Gasteiger partial charge is 0.247 e. The lowest BCUT2D eigenvalue weighted by Gasteiger charge is -2.29. The number of anilines is 2. The molecule has 1 heterocycles. The van der Waals surface area contributed by atoms with Crippen molar-refractivity contribution in [2.24, 2.45) is 0 Å². The van der Waals surface area contributed by atoms with Crippen molar-refractivity contribution in [2.75, 3.05) is 36.0 Å². The summed E-state index contributed by atoms with van der Waals surface area (Å²) in [4.78, 5) is 15.1. The van der Waals surface area contributed by atoms with E-state index in [1.165, 1.54) is 0 Å². The van der Waals surface area contributed by atoms with E-state index in [4.69, 9.17) is 4.74 Å². The van der Waals surface area contributed by atoms with Gasteiger partial charge in [-0.25, -0.2) is 8.42 Å². The highest BCUT2D eigenvalue weighted by Gasteiger charge is 2.29. The summed E-state index contributed by atoms with van der Waals surface area (Å²) in [5.41, 5.74) is 1.97. The van der Waals surface area contributed by atoms with Crippen molar-refractivity contribution in [1.82, 2.24) is 4.90 Å². The second kappa shape index (κ2) is 9.70. The Balaban J connectivity index is 1.66. The van der Waals surface area contributed by atoms with Crippen molar-refractivity contribution in [3.05, 3.63) is 54.1 Å². The molecule has 168 valence electrons. The van der Waals surface area contributed by atoms with Crippen LogP contribution in [0, 0.1) is 6.92 Å². The van der Waals surface area contributed by atoms with Crippen molar-refractivity contribution >= 4 is 27.3 Å². The highest BCUT2D eigenvalue weighted by atomic mass is 32.2. The molecule has 3 rings (SSSR count). The number of nitrogens with one attached hydrogen (secondary N) is 1. The van der Waals surface area contributed by atoms with Crippen molar-refractivity contribution < 1.29 is 17.9 Å². The maximum Gasteiger partial charge on any atom is 0.247 e. The Morgan fingerprint density at radius 1 is 1.16 bits per heavy atom. The summed E-state index contributed by atoms with van der Waals surface area (Å²) in [6.07, 6.45) is 3.29. The molecule has 1 N–H and O–H groups in total. The Morgan fingerprint density at radius 3 is 2.39 bits per heavy atom. The van der Waals surface area contributed by atoms with Gasteiger partial charge in [0.1, 0.15) is 17.9 Å². The Kier molecular flexibility index (Phi) is 7.23. The van der Waals surface area contributed by atoms with E-state index >= 15 is 0 Å². The number of nitrogens with zero attached hydrogens (tertiary/aromatic N) is 2. The van der Waals surface area contributed by atoms with E-state index in [2.05, 4.69) is 17.3 Å². The third-order valence-corrected chi connectivity index (χ3v) is 6.68. The average Bonchev–Trinajstić information content (AvgIpc) is 2.70. The molecule has 0 spiro atoms. The SMILES string of the molecule is Cc1cccc(N(C(C)C(=O)Nc2ccc(OC3CCN(C)CC3)cc2)S(C)(=O)=O)c1. The molecule has 0 saturated carbocycles. The summed E-state index contributed by atoms with van der Waals surface area (Å²) in [6.45, 7) is 5.50. The molecule has 2 aromatic carbocycles. The number of hydrogen-bond donors (Lipinski definition) is 1. The number of benzene rings is 2. The first kappa shape index (κ1) is 23.1. The fraction of sp³-hybridized carbons (Fsp3) is 0.435. The topological polar surface area (TPSA) is 79.0 Å². The van der Waals surface area contributed by atoms with Crippen molar-refractivity contribution in [2.45, 2.75) is 38.8 Å². The van der Waals surface area contributed by atoms with Crippen LogP contribution in [0.5, 0.6) is 5.75 Å². The van der Waals surface area contributed by atoms with Crippen LogP contribution in [0.2, 0.25) is 0 Å². The van der Waals surface area contributed by atoms with Crippen LogP contribution in [0.15, 0.2) is 48.5 Å². The molecular formula is C23H31N3O4S. The highest BCUT2D eigenvalue weighted by Crippen LogP contribution is 2.24. The number of piperidine rings is 1. The van der Waals surface area contributed by atoms with E-state index in [0.717, 1.165) is 47.8 Å². The zero-order valence-electron chi connectivity index (χ0n) is 18.5. The lowest BCUT2D eigenvalue weighted by molar-refractivity contribution is -0.116. The summed E-state index contributed by atoms with van der Waals surface area (Å²) in [6, 6.07) is 13.4. The Hall–Kier alpha value is -2.58. The van der Waals surface area contributed by atoms with Gasteiger partial charge in [-0.3, -0.25) is 9.10 Å². The molecule has 0 aliphatic carbocycles. The fourth-order valence-electron chi connectivity index (χ4n) is 3.73. The van der Waals surface area contributed by atoms with Gasteiger partial charge in [-0.15, -0.1) is 0 Å². The molecule has 1 amide bonds. The molecule has 8 heteroatoms. The monoisotopic (exact) mass is 445 g/mol. The van der Waals surface area contributed by atoms with E-state index in [-0.39, 0.29) is 6.10 Å². The Labute approximate surface area is 185 Å². The first-order valence-corrected chi connectivity index (χ1v) is 12.3.